The van der Waals surface area contributed by atoms with E-state index in [-0.39, 0.29) is 24.8 Å². The van der Waals surface area contributed by atoms with Gasteiger partial charge in [-0.1, -0.05) is 42.5 Å². The molecule has 2 aromatic carbocycles. The largest absolute Gasteiger partial charge is 0.368 e. The van der Waals surface area contributed by atoms with Crippen molar-refractivity contribution in [2.75, 3.05) is 19.6 Å². The highest BCUT2D eigenvalue weighted by atomic mass is 16.2. The third-order valence-electron chi connectivity index (χ3n) is 4.53. The zero-order valence-electron chi connectivity index (χ0n) is 14.4. The Bertz CT molecular complexity index is 831. The van der Waals surface area contributed by atoms with Crippen molar-refractivity contribution >= 4 is 28.5 Å². The standard InChI is InChI=1S/C19H22N4O3/c20-17(24)11-22-18(25)10-16-19(26)21-8-9-23(16)12-14-6-3-5-13-4-1-2-7-15(13)14/h1-7,16H,8-12H2,(H2,20,24)(H,21,26)(H,22,25)/t16-/m0/s1. The summed E-state index contributed by atoms with van der Waals surface area (Å²) in [5.41, 5.74) is 6.15. The molecule has 4 N–H and O–H groups in total. The molecule has 0 unspecified atom stereocenters. The predicted molar refractivity (Wildman–Crippen MR) is 98.0 cm³/mol. The first kappa shape index (κ1) is 17.9. The van der Waals surface area contributed by atoms with Crippen molar-refractivity contribution in [3.05, 3.63) is 48.0 Å². The number of fused-ring (bicyclic) bond motifs is 1. The van der Waals surface area contributed by atoms with Gasteiger partial charge >= 0.3 is 0 Å². The smallest absolute Gasteiger partial charge is 0.237 e. The van der Waals surface area contributed by atoms with Gasteiger partial charge in [0.2, 0.25) is 17.7 Å². The van der Waals surface area contributed by atoms with Gasteiger partial charge in [-0.2, -0.15) is 0 Å². The first-order valence-electron chi connectivity index (χ1n) is 8.58. The highest BCUT2D eigenvalue weighted by molar-refractivity contribution is 5.90. The fourth-order valence-electron chi connectivity index (χ4n) is 3.26. The molecule has 7 heteroatoms. The maximum atomic E-state index is 12.3. The number of primary amides is 1. The minimum Gasteiger partial charge on any atom is -0.368 e. The number of nitrogens with one attached hydrogen (secondary N) is 2. The lowest BCUT2D eigenvalue weighted by Crippen LogP contribution is -2.56. The third kappa shape index (κ3) is 4.18. The number of nitrogens with zero attached hydrogens (tertiary/aromatic N) is 1. The fourth-order valence-corrected chi connectivity index (χ4v) is 3.26. The number of benzene rings is 2. The van der Waals surface area contributed by atoms with Crippen LogP contribution in [-0.2, 0) is 20.9 Å². The van der Waals surface area contributed by atoms with Crippen LogP contribution in [0.2, 0.25) is 0 Å². The Balaban J connectivity index is 1.76. The van der Waals surface area contributed by atoms with Crippen molar-refractivity contribution in [1.82, 2.24) is 15.5 Å². The van der Waals surface area contributed by atoms with E-state index in [4.69, 9.17) is 5.73 Å². The molecule has 3 amide bonds. The molecule has 136 valence electrons. The van der Waals surface area contributed by atoms with Gasteiger partial charge in [0.05, 0.1) is 19.0 Å². The molecule has 0 aliphatic carbocycles. The van der Waals surface area contributed by atoms with Crippen LogP contribution in [0.15, 0.2) is 42.5 Å². The van der Waals surface area contributed by atoms with Crippen molar-refractivity contribution < 1.29 is 14.4 Å². The van der Waals surface area contributed by atoms with E-state index in [1.54, 1.807) is 0 Å². The molecule has 1 aliphatic heterocycles. The first-order valence-corrected chi connectivity index (χ1v) is 8.58. The number of hydrogen-bond acceptors (Lipinski definition) is 4. The first-order chi connectivity index (χ1) is 12.5. The molecule has 7 nitrogen and oxygen atoms in total. The van der Waals surface area contributed by atoms with Gasteiger partial charge in [0, 0.05) is 19.6 Å². The van der Waals surface area contributed by atoms with Crippen LogP contribution in [0.3, 0.4) is 0 Å². The lowest BCUT2D eigenvalue weighted by atomic mass is 10.0. The summed E-state index contributed by atoms with van der Waals surface area (Å²) >= 11 is 0. The van der Waals surface area contributed by atoms with Crippen LogP contribution in [0.25, 0.3) is 10.8 Å². The van der Waals surface area contributed by atoms with E-state index in [1.165, 1.54) is 0 Å². The quantitative estimate of drug-likeness (QED) is 0.686. The number of rotatable bonds is 6. The van der Waals surface area contributed by atoms with Gasteiger partial charge in [0.1, 0.15) is 0 Å². The average Bonchev–Trinajstić information content (AvgIpc) is 2.63. The van der Waals surface area contributed by atoms with Crippen LogP contribution in [0.1, 0.15) is 12.0 Å². The molecule has 0 bridgehead atoms. The van der Waals surface area contributed by atoms with Gasteiger partial charge in [0.15, 0.2) is 0 Å². The van der Waals surface area contributed by atoms with Gasteiger partial charge in [-0.3, -0.25) is 19.3 Å². The molecule has 3 rings (SSSR count). The number of nitrogens with two attached hydrogens (primary N) is 1. The minimum absolute atomic E-state index is 0.0100. The summed E-state index contributed by atoms with van der Waals surface area (Å²) in [5.74, 6) is -1.15. The highest BCUT2D eigenvalue weighted by Gasteiger charge is 2.31. The Morgan fingerprint density at radius 1 is 1.19 bits per heavy atom. The fraction of sp³-hybridized carbons (Fsp3) is 0.316. The van der Waals surface area contributed by atoms with E-state index >= 15 is 0 Å². The second-order valence-electron chi connectivity index (χ2n) is 6.36. The topological polar surface area (TPSA) is 105 Å². The lowest BCUT2D eigenvalue weighted by Gasteiger charge is -2.35. The van der Waals surface area contributed by atoms with Gasteiger partial charge in [-0.05, 0) is 16.3 Å². The molecule has 0 radical (unpaired) electrons. The van der Waals surface area contributed by atoms with Crippen molar-refractivity contribution in [1.29, 1.82) is 0 Å². The molecule has 1 fully saturated rings. The number of hydrogen-bond donors (Lipinski definition) is 3. The molecule has 26 heavy (non-hydrogen) atoms. The number of carbonyl (C=O) groups is 3. The maximum Gasteiger partial charge on any atom is 0.237 e. The van der Waals surface area contributed by atoms with Crippen molar-refractivity contribution in [2.24, 2.45) is 5.73 Å². The molecule has 1 saturated heterocycles. The molecule has 2 aromatic rings. The molecular formula is C19H22N4O3. The van der Waals surface area contributed by atoms with E-state index in [0.717, 1.165) is 16.3 Å². The summed E-state index contributed by atoms with van der Waals surface area (Å²) in [6.45, 7) is 1.55. The van der Waals surface area contributed by atoms with Crippen molar-refractivity contribution in [3.63, 3.8) is 0 Å². The molecular weight excluding hydrogens is 332 g/mol. The summed E-state index contributed by atoms with van der Waals surface area (Å²) in [4.78, 5) is 37.2. The molecule has 1 aliphatic rings. The van der Waals surface area contributed by atoms with Gasteiger partial charge in [-0.25, -0.2) is 0 Å². The number of piperazine rings is 1. The maximum absolute atomic E-state index is 12.3. The van der Waals surface area contributed by atoms with E-state index < -0.39 is 11.9 Å². The molecule has 1 atom stereocenters. The Morgan fingerprint density at radius 2 is 1.96 bits per heavy atom. The molecule has 0 aromatic heterocycles. The average molecular weight is 354 g/mol. The molecule has 0 saturated carbocycles. The summed E-state index contributed by atoms with van der Waals surface area (Å²) < 4.78 is 0. The lowest BCUT2D eigenvalue weighted by molar-refractivity contribution is -0.134. The van der Waals surface area contributed by atoms with Crippen molar-refractivity contribution in [2.45, 2.75) is 19.0 Å². The predicted octanol–water partition coefficient (Wildman–Crippen LogP) is 0.132. The highest BCUT2D eigenvalue weighted by Crippen LogP contribution is 2.22. The van der Waals surface area contributed by atoms with Crippen LogP contribution < -0.4 is 16.4 Å². The Kier molecular flexibility index (Phi) is 5.48. The second-order valence-corrected chi connectivity index (χ2v) is 6.36. The van der Waals surface area contributed by atoms with Crippen LogP contribution in [0.5, 0.6) is 0 Å². The minimum atomic E-state index is -0.612. The van der Waals surface area contributed by atoms with Crippen LogP contribution in [0, 0.1) is 0 Å². The van der Waals surface area contributed by atoms with E-state index in [2.05, 4.69) is 28.8 Å². The Labute approximate surface area is 151 Å². The summed E-state index contributed by atoms with van der Waals surface area (Å²) in [7, 11) is 0. The summed E-state index contributed by atoms with van der Waals surface area (Å²) in [6, 6.07) is 13.6. The number of amides is 3. The summed E-state index contributed by atoms with van der Waals surface area (Å²) in [5, 5.41) is 7.52. The molecule has 0 spiro atoms. The van der Waals surface area contributed by atoms with Gasteiger partial charge in [-0.15, -0.1) is 0 Å². The Morgan fingerprint density at radius 3 is 2.77 bits per heavy atom. The van der Waals surface area contributed by atoms with Crippen LogP contribution in [0.4, 0.5) is 0 Å². The molecule has 1 heterocycles. The Hall–Kier alpha value is -2.93. The summed E-state index contributed by atoms with van der Waals surface area (Å²) in [6.07, 6.45) is -0.0100. The van der Waals surface area contributed by atoms with Gasteiger partial charge in [0.25, 0.3) is 0 Å². The SMILES string of the molecule is NC(=O)CNC(=O)C[C@H]1C(=O)NCCN1Cc1cccc2ccccc12. The number of carbonyl (C=O) groups excluding carboxylic acids is 3. The normalized spacial score (nSPS) is 17.7. The third-order valence-corrected chi connectivity index (χ3v) is 4.53. The van der Waals surface area contributed by atoms with Gasteiger partial charge < -0.3 is 16.4 Å². The zero-order valence-corrected chi connectivity index (χ0v) is 14.4. The zero-order chi connectivity index (χ0) is 18.5. The van der Waals surface area contributed by atoms with Crippen LogP contribution in [-0.4, -0.2) is 48.3 Å². The van der Waals surface area contributed by atoms with Crippen molar-refractivity contribution in [3.8, 4) is 0 Å². The van der Waals surface area contributed by atoms with Crippen LogP contribution >= 0.6 is 0 Å². The van der Waals surface area contributed by atoms with E-state index in [9.17, 15) is 14.4 Å². The van der Waals surface area contributed by atoms with E-state index in [1.807, 2.05) is 29.2 Å². The van der Waals surface area contributed by atoms with E-state index in [0.29, 0.717) is 19.6 Å². The monoisotopic (exact) mass is 354 g/mol. The second kappa shape index (κ2) is 7.97.